The number of methoxy groups -OCH3 is 1. The summed E-state index contributed by atoms with van der Waals surface area (Å²) in [5, 5.41) is 9.56. The van der Waals surface area contributed by atoms with Crippen molar-refractivity contribution in [2.24, 2.45) is 4.99 Å². The zero-order valence-corrected chi connectivity index (χ0v) is 19.5. The highest BCUT2D eigenvalue weighted by Gasteiger charge is 2.34. The lowest BCUT2D eigenvalue weighted by atomic mass is 9.74. The van der Waals surface area contributed by atoms with Gasteiger partial charge in [0.15, 0.2) is 5.96 Å². The van der Waals surface area contributed by atoms with E-state index in [9.17, 15) is 4.79 Å². The molecule has 1 aliphatic heterocycles. The molecule has 0 atom stereocenters. The monoisotopic (exact) mass is 434 g/mol. The fraction of sp³-hybridized carbons (Fsp3) is 0.652. The molecular weight excluding hydrogens is 396 g/mol. The van der Waals surface area contributed by atoms with E-state index in [0.717, 1.165) is 50.7 Å². The largest absolute Gasteiger partial charge is 0.497 e. The number of hydrogen-bond donors (Lipinski definition) is 3. The molecule has 0 unspecified atom stereocenters. The molecule has 1 fully saturated rings. The summed E-state index contributed by atoms with van der Waals surface area (Å²) in [5.74, 6) is 1.60. The van der Waals surface area contributed by atoms with Crippen molar-refractivity contribution in [3.63, 3.8) is 0 Å². The molecule has 0 aromatic heterocycles. The molecule has 1 aromatic carbocycles. The minimum absolute atomic E-state index is 0.0135. The number of carbonyl (C=O) groups is 1. The topological polar surface area (TPSA) is 93.2 Å². The molecule has 1 saturated heterocycles. The summed E-state index contributed by atoms with van der Waals surface area (Å²) in [6, 6.07) is 8.31. The Bertz CT molecular complexity index is 707. The molecule has 0 saturated carbocycles. The van der Waals surface area contributed by atoms with Gasteiger partial charge in [-0.25, -0.2) is 4.79 Å². The summed E-state index contributed by atoms with van der Waals surface area (Å²) in [6.45, 7) is 9.02. The van der Waals surface area contributed by atoms with Gasteiger partial charge in [-0.15, -0.1) is 0 Å². The number of ether oxygens (including phenoxy) is 3. The van der Waals surface area contributed by atoms with Crippen molar-refractivity contribution in [3.05, 3.63) is 29.8 Å². The number of carbonyl (C=O) groups excluding carboxylic acids is 1. The third kappa shape index (κ3) is 8.28. The van der Waals surface area contributed by atoms with Gasteiger partial charge in [0.05, 0.1) is 7.11 Å². The summed E-state index contributed by atoms with van der Waals surface area (Å²) in [7, 11) is 3.44. The van der Waals surface area contributed by atoms with E-state index in [4.69, 9.17) is 14.2 Å². The van der Waals surface area contributed by atoms with Crippen molar-refractivity contribution in [3.8, 4) is 5.75 Å². The van der Waals surface area contributed by atoms with E-state index in [1.165, 1.54) is 5.56 Å². The molecule has 0 spiro atoms. The highest BCUT2D eigenvalue weighted by Crippen LogP contribution is 2.35. The molecule has 2 rings (SSSR count). The molecule has 0 aliphatic carbocycles. The highest BCUT2D eigenvalue weighted by atomic mass is 16.6. The van der Waals surface area contributed by atoms with Crippen LogP contribution in [0.3, 0.4) is 0 Å². The van der Waals surface area contributed by atoms with E-state index in [1.54, 1.807) is 14.2 Å². The number of aliphatic imine (C=N–C) groups is 1. The third-order valence-corrected chi connectivity index (χ3v) is 5.28. The van der Waals surface area contributed by atoms with Crippen LogP contribution in [-0.4, -0.2) is 64.7 Å². The van der Waals surface area contributed by atoms with E-state index in [0.29, 0.717) is 13.1 Å². The number of nitrogens with one attached hydrogen (secondary N) is 3. The lowest BCUT2D eigenvalue weighted by molar-refractivity contribution is 0.0512. The average Bonchev–Trinajstić information content (AvgIpc) is 2.75. The van der Waals surface area contributed by atoms with Crippen molar-refractivity contribution in [2.75, 3.05) is 47.0 Å². The Hall–Kier alpha value is -2.48. The van der Waals surface area contributed by atoms with Crippen LogP contribution in [0.1, 0.15) is 45.6 Å². The van der Waals surface area contributed by atoms with Crippen molar-refractivity contribution < 1.29 is 19.0 Å². The molecular formula is C23H38N4O4. The highest BCUT2D eigenvalue weighted by molar-refractivity contribution is 5.79. The number of amides is 1. The lowest BCUT2D eigenvalue weighted by Gasteiger charge is -2.38. The molecule has 3 N–H and O–H groups in total. The maximum atomic E-state index is 11.7. The number of rotatable bonds is 8. The minimum atomic E-state index is -0.488. The first kappa shape index (κ1) is 24.8. The van der Waals surface area contributed by atoms with E-state index in [-0.39, 0.29) is 5.41 Å². The van der Waals surface area contributed by atoms with E-state index in [2.05, 4.69) is 33.1 Å². The summed E-state index contributed by atoms with van der Waals surface area (Å²) in [4.78, 5) is 16.0. The Morgan fingerprint density at radius 2 is 1.74 bits per heavy atom. The summed E-state index contributed by atoms with van der Waals surface area (Å²) < 4.78 is 16.2. The Kier molecular flexibility index (Phi) is 9.43. The Balaban J connectivity index is 1.82. The van der Waals surface area contributed by atoms with Crippen LogP contribution in [0, 0.1) is 0 Å². The van der Waals surface area contributed by atoms with Gasteiger partial charge in [-0.05, 0) is 57.7 Å². The van der Waals surface area contributed by atoms with Crippen molar-refractivity contribution in [1.29, 1.82) is 0 Å². The van der Waals surface area contributed by atoms with Crippen LogP contribution in [-0.2, 0) is 14.9 Å². The van der Waals surface area contributed by atoms with Gasteiger partial charge in [-0.1, -0.05) is 12.1 Å². The Morgan fingerprint density at radius 1 is 1.10 bits per heavy atom. The second-order valence-electron chi connectivity index (χ2n) is 8.76. The molecule has 0 bridgehead atoms. The minimum Gasteiger partial charge on any atom is -0.497 e. The number of guanidine groups is 1. The maximum absolute atomic E-state index is 11.7. The van der Waals surface area contributed by atoms with Gasteiger partial charge in [0, 0.05) is 45.3 Å². The average molecular weight is 435 g/mol. The van der Waals surface area contributed by atoms with Gasteiger partial charge < -0.3 is 30.2 Å². The number of alkyl carbamates (subject to hydrolysis) is 1. The molecule has 8 heteroatoms. The predicted molar refractivity (Wildman–Crippen MR) is 123 cm³/mol. The lowest BCUT2D eigenvalue weighted by Crippen LogP contribution is -2.48. The number of nitrogens with zero attached hydrogens (tertiary/aromatic N) is 1. The van der Waals surface area contributed by atoms with Gasteiger partial charge in [0.25, 0.3) is 0 Å². The van der Waals surface area contributed by atoms with Gasteiger partial charge in [0.1, 0.15) is 11.4 Å². The molecule has 1 aliphatic rings. The number of hydrogen-bond acceptors (Lipinski definition) is 5. The third-order valence-electron chi connectivity index (χ3n) is 5.28. The molecule has 1 aromatic rings. The maximum Gasteiger partial charge on any atom is 0.407 e. The van der Waals surface area contributed by atoms with Crippen LogP contribution in [0.2, 0.25) is 0 Å². The van der Waals surface area contributed by atoms with Crippen molar-refractivity contribution in [1.82, 2.24) is 16.0 Å². The summed E-state index contributed by atoms with van der Waals surface area (Å²) in [6.07, 6.45) is 2.26. The second kappa shape index (κ2) is 11.8. The number of benzene rings is 1. The fourth-order valence-electron chi connectivity index (χ4n) is 3.55. The second-order valence-corrected chi connectivity index (χ2v) is 8.76. The van der Waals surface area contributed by atoms with Crippen LogP contribution >= 0.6 is 0 Å². The molecule has 1 amide bonds. The van der Waals surface area contributed by atoms with Crippen molar-refractivity contribution >= 4 is 12.1 Å². The van der Waals surface area contributed by atoms with Crippen LogP contribution in [0.25, 0.3) is 0 Å². The van der Waals surface area contributed by atoms with Crippen LogP contribution in [0.15, 0.2) is 29.3 Å². The summed E-state index contributed by atoms with van der Waals surface area (Å²) in [5.41, 5.74) is 0.778. The van der Waals surface area contributed by atoms with Crippen LogP contribution in [0.4, 0.5) is 4.79 Å². The fourth-order valence-corrected chi connectivity index (χ4v) is 3.55. The first-order valence-corrected chi connectivity index (χ1v) is 10.9. The van der Waals surface area contributed by atoms with E-state index >= 15 is 0 Å². The Morgan fingerprint density at radius 3 is 2.32 bits per heavy atom. The first-order chi connectivity index (χ1) is 14.8. The van der Waals surface area contributed by atoms with Gasteiger partial charge in [-0.3, -0.25) is 4.99 Å². The van der Waals surface area contributed by atoms with Gasteiger partial charge in [0.2, 0.25) is 0 Å². The molecule has 174 valence electrons. The molecule has 8 nitrogen and oxygen atoms in total. The molecule has 0 radical (unpaired) electrons. The Labute approximate surface area is 186 Å². The zero-order chi connectivity index (χ0) is 22.7. The quantitative estimate of drug-likeness (QED) is 0.331. The van der Waals surface area contributed by atoms with E-state index in [1.807, 2.05) is 32.9 Å². The van der Waals surface area contributed by atoms with E-state index < -0.39 is 11.7 Å². The predicted octanol–water partition coefficient (Wildman–Crippen LogP) is 2.82. The van der Waals surface area contributed by atoms with Crippen LogP contribution in [0.5, 0.6) is 5.75 Å². The van der Waals surface area contributed by atoms with Crippen LogP contribution < -0.4 is 20.7 Å². The normalized spacial score (nSPS) is 16.4. The van der Waals surface area contributed by atoms with Gasteiger partial charge >= 0.3 is 6.09 Å². The smallest absolute Gasteiger partial charge is 0.407 e. The molecule has 31 heavy (non-hydrogen) atoms. The summed E-state index contributed by atoms with van der Waals surface area (Å²) >= 11 is 0. The SMILES string of the molecule is CN=C(NCCCNC(=O)OC(C)(C)C)NCC1(c2ccc(OC)cc2)CCOCC1. The molecule has 1 heterocycles. The first-order valence-electron chi connectivity index (χ1n) is 10.9. The standard InChI is InChI=1S/C23H38N4O4/c1-22(2,3)31-21(28)26-14-6-13-25-20(24-4)27-17-23(11-15-30-16-12-23)18-7-9-19(29-5)10-8-18/h7-10H,6,11-17H2,1-5H3,(H,26,28)(H2,24,25,27). The van der Waals surface area contributed by atoms with Gasteiger partial charge in [-0.2, -0.15) is 0 Å². The van der Waals surface area contributed by atoms with Crippen molar-refractivity contribution in [2.45, 2.75) is 51.0 Å². The zero-order valence-electron chi connectivity index (χ0n) is 19.5.